The standard InChI is InChI=1S/C63H42N2OS/c1-2-13-39(14-3-1)40-29-31-44(32-30-40)62-64-59(61-60(65-62)50-19-6-11-24-57(50)67-61)47-17-12-16-45(37-47)41-25-27-42(28-26-41)46-33-35-49-54(38-46)63(53-36-34-43-15-4-5-18-48(43)58(49)53)51-20-7-9-22-55(51)66-56-23-10-8-21-52(56)63/h1-38,51,55,60H,(H,64,65). The molecule has 4 unspecified atom stereocenters. The van der Waals surface area contributed by atoms with Crippen molar-refractivity contribution in [3.8, 4) is 50.3 Å². The van der Waals surface area contributed by atoms with Crippen LogP contribution in [0.5, 0.6) is 5.75 Å². The molecular weight excluding hydrogens is 833 g/mol. The summed E-state index contributed by atoms with van der Waals surface area (Å²) in [6.07, 6.45) is 8.88. The van der Waals surface area contributed by atoms with Gasteiger partial charge in [-0.15, -0.1) is 0 Å². The fourth-order valence-electron chi connectivity index (χ4n) is 11.6. The van der Waals surface area contributed by atoms with E-state index in [2.05, 4.69) is 236 Å². The van der Waals surface area contributed by atoms with Crippen molar-refractivity contribution in [1.82, 2.24) is 5.32 Å². The van der Waals surface area contributed by atoms with Gasteiger partial charge in [-0.3, -0.25) is 0 Å². The second-order valence-electron chi connectivity index (χ2n) is 18.1. The minimum atomic E-state index is -0.428. The van der Waals surface area contributed by atoms with Gasteiger partial charge in [0.15, 0.2) is 0 Å². The van der Waals surface area contributed by atoms with Crippen LogP contribution in [0.15, 0.2) is 245 Å². The normalized spacial score (nSPS) is 20.2. The molecule has 4 atom stereocenters. The highest BCUT2D eigenvalue weighted by Crippen LogP contribution is 2.63. The maximum absolute atomic E-state index is 6.78. The average Bonchev–Trinajstić information content (AvgIpc) is 3.92. The first-order valence-corrected chi connectivity index (χ1v) is 24.0. The summed E-state index contributed by atoms with van der Waals surface area (Å²) >= 11 is 1.83. The molecule has 0 aromatic heterocycles. The minimum Gasteiger partial charge on any atom is -0.485 e. The fraction of sp³-hybridized carbons (Fsp3) is 0.0635. The molecule has 0 bridgehead atoms. The van der Waals surface area contributed by atoms with E-state index in [0.717, 1.165) is 34.0 Å². The lowest BCUT2D eigenvalue weighted by molar-refractivity contribution is 0.141. The zero-order chi connectivity index (χ0) is 44.1. The summed E-state index contributed by atoms with van der Waals surface area (Å²) in [7, 11) is 0. The number of nitrogens with zero attached hydrogens (tertiary/aromatic N) is 1. The summed E-state index contributed by atoms with van der Waals surface area (Å²) in [6.45, 7) is 0. The first kappa shape index (κ1) is 38.4. The third-order valence-electron chi connectivity index (χ3n) is 14.6. The Kier molecular flexibility index (Phi) is 8.62. The van der Waals surface area contributed by atoms with Crippen molar-refractivity contribution in [2.24, 2.45) is 10.9 Å². The Morgan fingerprint density at radius 2 is 1.15 bits per heavy atom. The van der Waals surface area contributed by atoms with Gasteiger partial charge in [0.2, 0.25) is 0 Å². The van der Waals surface area contributed by atoms with E-state index < -0.39 is 5.41 Å². The highest BCUT2D eigenvalue weighted by Gasteiger charge is 2.56. The van der Waals surface area contributed by atoms with E-state index >= 15 is 0 Å². The van der Waals surface area contributed by atoms with Crippen molar-refractivity contribution < 1.29 is 4.74 Å². The van der Waals surface area contributed by atoms with Crippen LogP contribution in [0.3, 0.4) is 0 Å². The lowest BCUT2D eigenvalue weighted by atomic mass is 9.60. The number of ether oxygens (including phenoxy) is 1. The molecular formula is C63H42N2OS. The van der Waals surface area contributed by atoms with Crippen molar-refractivity contribution >= 4 is 34.1 Å². The van der Waals surface area contributed by atoms with Gasteiger partial charge in [0.25, 0.3) is 0 Å². The molecule has 316 valence electrons. The van der Waals surface area contributed by atoms with Crippen molar-refractivity contribution in [2.75, 3.05) is 0 Å². The van der Waals surface area contributed by atoms with E-state index in [4.69, 9.17) is 9.73 Å². The van der Waals surface area contributed by atoms with Crippen LogP contribution in [-0.2, 0) is 5.41 Å². The van der Waals surface area contributed by atoms with Crippen LogP contribution >= 0.6 is 11.8 Å². The molecule has 9 aromatic rings. The number of fused-ring (bicyclic) bond motifs is 14. The van der Waals surface area contributed by atoms with Crippen LogP contribution in [0.1, 0.15) is 39.4 Å². The maximum atomic E-state index is 6.78. The summed E-state index contributed by atoms with van der Waals surface area (Å²) in [5.74, 6) is 1.93. The molecule has 1 spiro atoms. The second-order valence-corrected chi connectivity index (χ2v) is 19.2. The van der Waals surface area contributed by atoms with Crippen molar-refractivity contribution in [2.45, 2.75) is 22.5 Å². The number of amidine groups is 1. The van der Waals surface area contributed by atoms with Gasteiger partial charge in [-0.05, 0) is 102 Å². The minimum absolute atomic E-state index is 0.0320. The summed E-state index contributed by atoms with van der Waals surface area (Å²) < 4.78 is 6.78. The van der Waals surface area contributed by atoms with Crippen LogP contribution < -0.4 is 10.1 Å². The number of nitrogens with one attached hydrogen (secondary N) is 1. The van der Waals surface area contributed by atoms with Crippen molar-refractivity contribution in [3.05, 3.63) is 269 Å². The molecule has 67 heavy (non-hydrogen) atoms. The molecule has 0 radical (unpaired) electrons. The van der Waals surface area contributed by atoms with Crippen molar-refractivity contribution in [1.29, 1.82) is 0 Å². The van der Waals surface area contributed by atoms with E-state index in [0.29, 0.717) is 0 Å². The van der Waals surface area contributed by atoms with Crippen LogP contribution in [0.25, 0.3) is 61.0 Å². The molecule has 3 nitrogen and oxygen atoms in total. The van der Waals surface area contributed by atoms with Gasteiger partial charge in [0.05, 0.1) is 17.2 Å². The zero-order valence-corrected chi connectivity index (χ0v) is 37.3. The average molecular weight is 875 g/mol. The Balaban J connectivity index is 0.847. The Labute approximate surface area is 394 Å². The van der Waals surface area contributed by atoms with E-state index in [1.54, 1.807) is 0 Å². The summed E-state index contributed by atoms with van der Waals surface area (Å²) in [5, 5.41) is 6.39. The zero-order valence-electron chi connectivity index (χ0n) is 36.4. The molecule has 0 saturated carbocycles. The second kappa shape index (κ2) is 15.1. The Hall–Kier alpha value is -7.92. The molecule has 2 aliphatic carbocycles. The molecule has 0 fully saturated rings. The monoisotopic (exact) mass is 874 g/mol. The van der Waals surface area contributed by atoms with Crippen molar-refractivity contribution in [3.63, 3.8) is 0 Å². The van der Waals surface area contributed by atoms with Gasteiger partial charge in [-0.1, -0.05) is 212 Å². The first-order valence-electron chi connectivity index (χ1n) is 23.2. The predicted molar refractivity (Wildman–Crippen MR) is 276 cm³/mol. The number of benzene rings is 9. The highest BCUT2D eigenvalue weighted by molar-refractivity contribution is 8.03. The van der Waals surface area contributed by atoms with Gasteiger partial charge in [0.1, 0.15) is 17.7 Å². The number of thioether (sulfide) groups is 1. The lowest BCUT2D eigenvalue weighted by Gasteiger charge is -2.47. The lowest BCUT2D eigenvalue weighted by Crippen LogP contribution is -2.47. The van der Waals surface area contributed by atoms with Gasteiger partial charge in [-0.25, -0.2) is 4.99 Å². The fourth-order valence-corrected chi connectivity index (χ4v) is 12.8. The maximum Gasteiger partial charge on any atom is 0.134 e. The Morgan fingerprint density at radius 1 is 0.493 bits per heavy atom. The quantitative estimate of drug-likeness (QED) is 0.187. The molecule has 9 aromatic carbocycles. The third-order valence-corrected chi connectivity index (χ3v) is 15.9. The number of aliphatic imine (C=N–C) groups is 1. The number of hydrogen-bond acceptors (Lipinski definition) is 4. The molecule has 0 amide bonds. The van der Waals surface area contributed by atoms with E-state index in [1.807, 2.05) is 11.8 Å². The SMILES string of the molecule is C1=CC2Oc3ccccc3C3(c4cc(-c5ccc(-c6cccc(C7=C8Sc9ccccc9C8NC(c8ccc(-c9ccccc9)cc8)=N7)c6)cc5)ccc4-c4c3ccc3ccccc43)C2C=C1. The van der Waals surface area contributed by atoms with Gasteiger partial charge >= 0.3 is 0 Å². The first-order chi connectivity index (χ1) is 33.2. The Morgan fingerprint density at radius 3 is 2.01 bits per heavy atom. The smallest absolute Gasteiger partial charge is 0.134 e. The summed E-state index contributed by atoms with van der Waals surface area (Å²) in [4.78, 5) is 7.94. The molecule has 0 saturated heterocycles. The molecule has 14 rings (SSSR count). The van der Waals surface area contributed by atoms with E-state index in [1.165, 1.54) is 81.8 Å². The summed E-state index contributed by atoms with van der Waals surface area (Å²) in [6, 6.07) is 75.6. The largest absolute Gasteiger partial charge is 0.485 e. The van der Waals surface area contributed by atoms with Gasteiger partial charge in [-0.2, -0.15) is 0 Å². The molecule has 1 N–H and O–H groups in total. The van der Waals surface area contributed by atoms with Crippen LogP contribution in [-0.4, -0.2) is 11.9 Å². The number of rotatable bonds is 5. The molecule has 4 heteroatoms. The topological polar surface area (TPSA) is 33.6 Å². The molecule has 5 aliphatic rings. The van der Waals surface area contributed by atoms with Crippen LogP contribution in [0.4, 0.5) is 0 Å². The predicted octanol–water partition coefficient (Wildman–Crippen LogP) is 15.2. The number of para-hydroxylation sites is 1. The van der Waals surface area contributed by atoms with Crippen LogP contribution in [0.2, 0.25) is 0 Å². The van der Waals surface area contributed by atoms with E-state index in [9.17, 15) is 0 Å². The summed E-state index contributed by atoms with van der Waals surface area (Å²) in [5.41, 5.74) is 17.7. The number of allylic oxidation sites excluding steroid dienone is 2. The van der Waals surface area contributed by atoms with Gasteiger partial charge in [0, 0.05) is 32.4 Å². The van der Waals surface area contributed by atoms with E-state index in [-0.39, 0.29) is 18.1 Å². The van der Waals surface area contributed by atoms with Crippen LogP contribution in [0, 0.1) is 5.92 Å². The van der Waals surface area contributed by atoms with Gasteiger partial charge < -0.3 is 10.1 Å². The molecule has 3 heterocycles. The molecule has 3 aliphatic heterocycles. The number of hydrogen-bond donors (Lipinski definition) is 1. The Bertz CT molecular complexity index is 3620. The third kappa shape index (κ3) is 5.89. The highest BCUT2D eigenvalue weighted by atomic mass is 32.2.